The average molecular weight is 459 g/mol. The zero-order valence-corrected chi connectivity index (χ0v) is 18.7. The van der Waals surface area contributed by atoms with E-state index in [1.807, 2.05) is 53.7 Å². The Bertz CT molecular complexity index is 1250. The molecule has 5 nitrogen and oxygen atoms in total. The first-order chi connectivity index (χ1) is 14.4. The van der Waals surface area contributed by atoms with Gasteiger partial charge < -0.3 is 0 Å². The monoisotopic (exact) mass is 457 g/mol. The van der Waals surface area contributed by atoms with E-state index in [-0.39, 0.29) is 0 Å². The van der Waals surface area contributed by atoms with Gasteiger partial charge in [0.25, 0.3) is 0 Å². The molecule has 1 saturated carbocycles. The molecule has 8 heteroatoms. The molecular formula is C22H18Cl3N5. The van der Waals surface area contributed by atoms with Crippen molar-refractivity contribution in [3.63, 3.8) is 0 Å². The van der Waals surface area contributed by atoms with Crippen molar-refractivity contribution in [2.24, 2.45) is 7.05 Å². The van der Waals surface area contributed by atoms with Gasteiger partial charge in [0.1, 0.15) is 11.5 Å². The molecule has 0 aliphatic heterocycles. The maximum absolute atomic E-state index is 6.53. The van der Waals surface area contributed by atoms with Gasteiger partial charge in [0.05, 0.1) is 16.4 Å². The van der Waals surface area contributed by atoms with Crippen LogP contribution < -0.4 is 0 Å². The summed E-state index contributed by atoms with van der Waals surface area (Å²) in [7, 11) is 1.94. The first-order valence-electron chi connectivity index (χ1n) is 9.64. The number of aromatic nitrogens is 5. The molecule has 2 aromatic carbocycles. The highest BCUT2D eigenvalue weighted by molar-refractivity contribution is 6.35. The number of benzene rings is 2. The Morgan fingerprint density at radius 3 is 2.30 bits per heavy atom. The van der Waals surface area contributed by atoms with Crippen molar-refractivity contribution in [1.82, 2.24) is 24.5 Å². The van der Waals surface area contributed by atoms with E-state index in [1.54, 1.807) is 12.1 Å². The van der Waals surface area contributed by atoms with Gasteiger partial charge in [-0.1, -0.05) is 46.9 Å². The highest BCUT2D eigenvalue weighted by Gasteiger charge is 2.30. The minimum absolute atomic E-state index is 0.500. The molecule has 0 saturated heterocycles. The highest BCUT2D eigenvalue weighted by atomic mass is 35.5. The van der Waals surface area contributed by atoms with Gasteiger partial charge in [-0.2, -0.15) is 5.10 Å². The molecule has 0 unspecified atom stereocenters. The van der Waals surface area contributed by atoms with E-state index in [4.69, 9.17) is 44.9 Å². The molecule has 2 heterocycles. The third-order valence-electron chi connectivity index (χ3n) is 5.33. The lowest BCUT2D eigenvalue weighted by Crippen LogP contribution is -2.00. The summed E-state index contributed by atoms with van der Waals surface area (Å²) in [4.78, 5) is 4.80. The van der Waals surface area contributed by atoms with Gasteiger partial charge in [-0.25, -0.2) is 9.67 Å². The van der Waals surface area contributed by atoms with Crippen LogP contribution in [-0.4, -0.2) is 24.5 Å². The summed E-state index contributed by atoms with van der Waals surface area (Å²) >= 11 is 18.8. The molecule has 0 bridgehead atoms. The summed E-state index contributed by atoms with van der Waals surface area (Å²) in [6, 6.07) is 13.0. The second kappa shape index (κ2) is 7.41. The fourth-order valence-electron chi connectivity index (χ4n) is 3.68. The fraction of sp³-hybridized carbons (Fsp3) is 0.227. The van der Waals surface area contributed by atoms with Crippen LogP contribution in [0.2, 0.25) is 15.1 Å². The molecule has 5 rings (SSSR count). The number of halogens is 3. The topological polar surface area (TPSA) is 48.5 Å². The average Bonchev–Trinajstić information content (AvgIpc) is 3.40. The predicted octanol–water partition coefficient (Wildman–Crippen LogP) is 6.48. The van der Waals surface area contributed by atoms with Crippen LogP contribution in [0.15, 0.2) is 42.5 Å². The molecule has 4 aromatic rings. The van der Waals surface area contributed by atoms with Gasteiger partial charge in [-0.15, -0.1) is 5.10 Å². The highest BCUT2D eigenvalue weighted by Crippen LogP contribution is 2.40. The lowest BCUT2D eigenvalue weighted by molar-refractivity contribution is 0.705. The first-order valence-corrected chi connectivity index (χ1v) is 10.8. The molecule has 1 aliphatic carbocycles. The summed E-state index contributed by atoms with van der Waals surface area (Å²) in [5.41, 5.74) is 4.31. The Balaban J connectivity index is 1.73. The van der Waals surface area contributed by atoms with Crippen molar-refractivity contribution in [3.05, 3.63) is 68.9 Å². The van der Waals surface area contributed by atoms with Crippen LogP contribution in [0.3, 0.4) is 0 Å². The lowest BCUT2D eigenvalue weighted by Gasteiger charge is -2.11. The van der Waals surface area contributed by atoms with Crippen LogP contribution in [0.4, 0.5) is 0 Å². The zero-order chi connectivity index (χ0) is 21.0. The minimum Gasteiger partial charge on any atom is -0.252 e. The lowest BCUT2D eigenvalue weighted by atomic mass is 10.1. The standard InChI is InChI=1S/C22H18Cl3N5/c1-12-19(21-26-22(14-3-4-14)29(2)28-21)27-30(18-10-9-16(24)11-17(18)25)20(12)13-5-7-15(23)8-6-13/h5-11,14H,3-4H2,1-2H3. The zero-order valence-electron chi connectivity index (χ0n) is 16.4. The Morgan fingerprint density at radius 2 is 1.63 bits per heavy atom. The maximum atomic E-state index is 6.53. The quantitative estimate of drug-likeness (QED) is 0.351. The Labute approximate surface area is 189 Å². The molecule has 1 fully saturated rings. The van der Waals surface area contributed by atoms with Crippen molar-refractivity contribution in [2.45, 2.75) is 25.7 Å². The van der Waals surface area contributed by atoms with Gasteiger partial charge in [0, 0.05) is 34.1 Å². The largest absolute Gasteiger partial charge is 0.252 e. The third-order valence-corrected chi connectivity index (χ3v) is 6.12. The molecule has 0 N–H and O–H groups in total. The van der Waals surface area contributed by atoms with Crippen LogP contribution >= 0.6 is 34.8 Å². The van der Waals surface area contributed by atoms with E-state index in [0.29, 0.717) is 26.8 Å². The summed E-state index contributed by atoms with van der Waals surface area (Å²) in [6.07, 6.45) is 2.33. The van der Waals surface area contributed by atoms with Crippen molar-refractivity contribution in [3.8, 4) is 28.5 Å². The molecule has 0 amide bonds. The summed E-state index contributed by atoms with van der Waals surface area (Å²) < 4.78 is 3.70. The maximum Gasteiger partial charge on any atom is 0.202 e. The molecule has 0 radical (unpaired) electrons. The normalized spacial score (nSPS) is 13.8. The molecule has 1 aliphatic rings. The van der Waals surface area contributed by atoms with Gasteiger partial charge >= 0.3 is 0 Å². The van der Waals surface area contributed by atoms with Gasteiger partial charge in [0.2, 0.25) is 5.82 Å². The number of hydrogen-bond acceptors (Lipinski definition) is 3. The first kappa shape index (κ1) is 19.6. The van der Waals surface area contributed by atoms with Gasteiger partial charge in [-0.05, 0) is 50.1 Å². The van der Waals surface area contributed by atoms with E-state index in [0.717, 1.165) is 46.9 Å². The molecule has 0 atom stereocenters. The van der Waals surface area contributed by atoms with E-state index in [2.05, 4.69) is 5.10 Å². The Kier molecular flexibility index (Phi) is 4.85. The van der Waals surface area contributed by atoms with Crippen LogP contribution in [-0.2, 0) is 7.05 Å². The summed E-state index contributed by atoms with van der Waals surface area (Å²) in [6.45, 7) is 2.03. The van der Waals surface area contributed by atoms with E-state index < -0.39 is 0 Å². The predicted molar refractivity (Wildman–Crippen MR) is 121 cm³/mol. The van der Waals surface area contributed by atoms with E-state index in [1.165, 1.54) is 0 Å². The van der Waals surface area contributed by atoms with Crippen LogP contribution in [0.5, 0.6) is 0 Å². The summed E-state index contributed by atoms with van der Waals surface area (Å²) in [5.74, 6) is 2.13. The minimum atomic E-state index is 0.500. The number of rotatable bonds is 4. The Hall–Kier alpha value is -2.34. The van der Waals surface area contributed by atoms with Crippen LogP contribution in [0, 0.1) is 6.92 Å². The van der Waals surface area contributed by atoms with Crippen LogP contribution in [0.25, 0.3) is 28.5 Å². The van der Waals surface area contributed by atoms with E-state index >= 15 is 0 Å². The van der Waals surface area contributed by atoms with Crippen LogP contribution in [0.1, 0.15) is 30.1 Å². The molecule has 152 valence electrons. The van der Waals surface area contributed by atoms with Gasteiger partial charge in [-0.3, -0.25) is 4.68 Å². The second-order valence-electron chi connectivity index (χ2n) is 7.53. The van der Waals surface area contributed by atoms with Gasteiger partial charge in [0.15, 0.2) is 0 Å². The molecule has 2 aromatic heterocycles. The van der Waals surface area contributed by atoms with E-state index in [9.17, 15) is 0 Å². The summed E-state index contributed by atoms with van der Waals surface area (Å²) in [5, 5.41) is 11.3. The van der Waals surface area contributed by atoms with Crippen molar-refractivity contribution in [2.75, 3.05) is 0 Å². The van der Waals surface area contributed by atoms with Crippen molar-refractivity contribution >= 4 is 34.8 Å². The fourth-order valence-corrected chi connectivity index (χ4v) is 4.29. The van der Waals surface area contributed by atoms with Crippen molar-refractivity contribution in [1.29, 1.82) is 0 Å². The number of nitrogens with zero attached hydrogens (tertiary/aromatic N) is 5. The third kappa shape index (κ3) is 3.41. The smallest absolute Gasteiger partial charge is 0.202 e. The molecule has 30 heavy (non-hydrogen) atoms. The molecule has 0 spiro atoms. The van der Waals surface area contributed by atoms with Crippen molar-refractivity contribution < 1.29 is 0 Å². The number of aryl methyl sites for hydroxylation is 1. The Morgan fingerprint density at radius 1 is 0.933 bits per heavy atom. The second-order valence-corrected chi connectivity index (χ2v) is 8.81. The molecular weight excluding hydrogens is 441 g/mol. The SMILES string of the molecule is Cc1c(-c2nc(C3CC3)n(C)n2)nn(-c2ccc(Cl)cc2Cl)c1-c1ccc(Cl)cc1. The number of hydrogen-bond donors (Lipinski definition) is 0.